The third-order valence-electron chi connectivity index (χ3n) is 1.29. The molecule has 6 N–H and O–H groups in total. The van der Waals surface area contributed by atoms with Crippen LogP contribution in [0.2, 0.25) is 0 Å². The maximum absolute atomic E-state index is 10.3. The zero-order valence-electron chi connectivity index (χ0n) is 8.90. The minimum absolute atomic E-state index is 0. The Bertz CT molecular complexity index is 405. The number of hydrogen-bond donors (Lipinski definition) is 6. The topological polar surface area (TPSA) is 190 Å². The second kappa shape index (κ2) is 9.14. The molecule has 0 fully saturated rings. The molecule has 0 aromatic rings. The molecule has 0 aliphatic heterocycles. The number of aliphatic hydroxyl groups is 1. The van der Waals surface area contributed by atoms with E-state index in [0.717, 1.165) is 0 Å². The summed E-state index contributed by atoms with van der Waals surface area (Å²) in [7, 11) is -3.83. The first kappa shape index (κ1) is 23.3. The van der Waals surface area contributed by atoms with Gasteiger partial charge >= 0.3 is 17.9 Å². The molecule has 0 aromatic heterocycles. The van der Waals surface area contributed by atoms with Crippen LogP contribution in [0.4, 0.5) is 0 Å². The fourth-order valence-electron chi connectivity index (χ4n) is 0.714. The van der Waals surface area contributed by atoms with Crippen molar-refractivity contribution in [3.05, 3.63) is 0 Å². The van der Waals surface area contributed by atoms with Gasteiger partial charge in [0.2, 0.25) is 0 Å². The van der Waals surface area contributed by atoms with Gasteiger partial charge in [-0.1, -0.05) is 0 Å². The van der Waals surface area contributed by atoms with E-state index in [1.807, 2.05) is 0 Å². The average Bonchev–Trinajstić information content (AvgIpc) is 1.95. The molecule has 0 radical (unpaired) electrons. The molecule has 0 saturated heterocycles. The third-order valence-corrected chi connectivity index (χ3v) is 1.29. The summed E-state index contributed by atoms with van der Waals surface area (Å²) in [6.45, 7) is 0. The summed E-state index contributed by atoms with van der Waals surface area (Å²) < 4.78 is 24.0. The van der Waals surface area contributed by atoms with Gasteiger partial charge in [-0.05, 0) is 0 Å². The molecular weight excluding hydrogens is 352 g/mol. The van der Waals surface area contributed by atoms with E-state index in [1.54, 1.807) is 0 Å². The van der Waals surface area contributed by atoms with Crippen molar-refractivity contribution in [1.82, 2.24) is 0 Å². The Morgan fingerprint density at radius 3 is 1.32 bits per heavy atom. The molecule has 0 aliphatic carbocycles. The van der Waals surface area contributed by atoms with Gasteiger partial charge in [-0.25, -0.2) is 4.79 Å². The van der Waals surface area contributed by atoms with E-state index in [2.05, 4.69) is 11.2 Å². The monoisotopic (exact) mass is 362 g/mol. The van der Waals surface area contributed by atoms with E-state index >= 15 is 0 Å². The van der Waals surface area contributed by atoms with Crippen molar-refractivity contribution >= 4 is 38.1 Å². The standard InChI is InChI=1S/C6H8O7.Fe.H2O3S2/c7-3(8)1-6(13,5(11)12)2-4(9)10;;1-5(2,3)4/h13H,1-2H2,(H,7,8)(H,9,10)(H,11,12);;(H2,1,2,3,4). The van der Waals surface area contributed by atoms with Gasteiger partial charge < -0.3 is 20.4 Å². The summed E-state index contributed by atoms with van der Waals surface area (Å²) in [6, 6.07) is 0. The number of rotatable bonds is 5. The molecule has 0 unspecified atom stereocenters. The number of carboxylic acid groups (broad SMARTS) is 3. The maximum atomic E-state index is 10.3. The van der Waals surface area contributed by atoms with Gasteiger partial charge in [0.05, 0.1) is 12.8 Å². The van der Waals surface area contributed by atoms with Gasteiger partial charge in [0.25, 0.3) is 9.05 Å². The zero-order valence-corrected chi connectivity index (χ0v) is 11.6. The summed E-state index contributed by atoms with van der Waals surface area (Å²) in [5, 5.41) is 33.8. The molecular formula is C6H10FeO10S2. The maximum Gasteiger partial charge on any atom is 0.336 e. The van der Waals surface area contributed by atoms with Crippen LogP contribution >= 0.6 is 0 Å². The van der Waals surface area contributed by atoms with Crippen LogP contribution in [-0.4, -0.2) is 57.2 Å². The summed E-state index contributed by atoms with van der Waals surface area (Å²) in [6.07, 6.45) is -2.29. The molecule has 0 aliphatic rings. The van der Waals surface area contributed by atoms with Crippen molar-refractivity contribution < 1.29 is 65.2 Å². The normalized spacial score (nSPS) is 10.5. The Morgan fingerprint density at radius 1 is 1.00 bits per heavy atom. The predicted molar refractivity (Wildman–Crippen MR) is 57.9 cm³/mol. The molecule has 0 rings (SSSR count). The third kappa shape index (κ3) is 17.2. The fourth-order valence-corrected chi connectivity index (χ4v) is 0.714. The van der Waals surface area contributed by atoms with E-state index in [-0.39, 0.29) is 17.1 Å². The summed E-state index contributed by atoms with van der Waals surface area (Å²) >= 11 is 3.47. The molecule has 114 valence electrons. The van der Waals surface area contributed by atoms with Gasteiger partial charge in [-0.3, -0.25) is 18.7 Å². The molecule has 0 atom stereocenters. The summed E-state index contributed by atoms with van der Waals surface area (Å²) in [5.41, 5.74) is -2.74. The smallest absolute Gasteiger partial charge is 0.336 e. The van der Waals surface area contributed by atoms with Gasteiger partial charge in [-0.2, -0.15) is 4.21 Å². The van der Waals surface area contributed by atoms with Gasteiger partial charge in [0, 0.05) is 28.3 Å². The Labute approximate surface area is 122 Å². The van der Waals surface area contributed by atoms with Crippen LogP contribution < -0.4 is 0 Å². The zero-order chi connectivity index (χ0) is 15.1. The van der Waals surface area contributed by atoms with E-state index < -0.39 is 45.4 Å². The molecule has 0 bridgehead atoms. The van der Waals surface area contributed by atoms with Gasteiger partial charge in [-0.15, -0.1) is 0 Å². The largest absolute Gasteiger partial charge is 0.481 e. The number of carboxylic acids is 3. The quantitative estimate of drug-likeness (QED) is 0.310. The minimum Gasteiger partial charge on any atom is -0.481 e. The average molecular weight is 362 g/mol. The Kier molecular flexibility index (Phi) is 11.2. The molecule has 0 amide bonds. The number of hydrogen-bond acceptors (Lipinski definition) is 6. The van der Waals surface area contributed by atoms with Crippen LogP contribution in [0.15, 0.2) is 0 Å². The number of carbonyl (C=O) groups is 3. The van der Waals surface area contributed by atoms with Gasteiger partial charge in [0.1, 0.15) is 0 Å². The molecule has 0 aromatic carbocycles. The predicted octanol–water partition coefficient (Wildman–Crippen LogP) is -1.57. The van der Waals surface area contributed by atoms with Crippen LogP contribution in [0, 0.1) is 0 Å². The van der Waals surface area contributed by atoms with E-state index in [4.69, 9.17) is 33.7 Å². The molecule has 0 heterocycles. The Morgan fingerprint density at radius 2 is 1.21 bits per heavy atom. The first-order valence-corrected chi connectivity index (χ1v) is 6.27. The van der Waals surface area contributed by atoms with Crippen LogP contribution in [0.1, 0.15) is 12.8 Å². The molecule has 0 saturated carbocycles. The first-order valence-electron chi connectivity index (χ1n) is 3.87. The van der Waals surface area contributed by atoms with E-state index in [9.17, 15) is 14.4 Å². The van der Waals surface area contributed by atoms with E-state index in [0.29, 0.717) is 0 Å². The van der Waals surface area contributed by atoms with Crippen molar-refractivity contribution in [2.45, 2.75) is 18.4 Å². The first-order chi connectivity index (χ1) is 7.78. The van der Waals surface area contributed by atoms with Crippen molar-refractivity contribution in [2.24, 2.45) is 0 Å². The van der Waals surface area contributed by atoms with Crippen LogP contribution in [0.25, 0.3) is 0 Å². The molecule has 13 heteroatoms. The van der Waals surface area contributed by atoms with Crippen molar-refractivity contribution in [1.29, 1.82) is 0 Å². The molecule has 19 heavy (non-hydrogen) atoms. The fraction of sp³-hybridized carbons (Fsp3) is 0.500. The molecule has 0 spiro atoms. The molecule has 10 nitrogen and oxygen atoms in total. The van der Waals surface area contributed by atoms with Gasteiger partial charge in [0.15, 0.2) is 5.60 Å². The van der Waals surface area contributed by atoms with Crippen LogP contribution in [0.3, 0.4) is 0 Å². The number of aliphatic carboxylic acids is 3. The SMILES string of the molecule is O=C(O)CC(O)(CC(=O)O)C(=O)O.O=S(O)(O)=S.[Fe]. The minimum atomic E-state index is -3.83. The van der Waals surface area contributed by atoms with Crippen LogP contribution in [0.5, 0.6) is 0 Å². The van der Waals surface area contributed by atoms with Crippen molar-refractivity contribution in [3.8, 4) is 0 Å². The van der Waals surface area contributed by atoms with Crippen LogP contribution in [-0.2, 0) is 51.7 Å². The van der Waals surface area contributed by atoms with Crippen molar-refractivity contribution in [2.75, 3.05) is 0 Å². The van der Waals surface area contributed by atoms with Crippen molar-refractivity contribution in [3.63, 3.8) is 0 Å². The van der Waals surface area contributed by atoms with E-state index in [1.165, 1.54) is 0 Å². The Hall–Kier alpha value is -0.821. The second-order valence-corrected chi connectivity index (χ2v) is 5.12. The Balaban J connectivity index is -0.000000366. The second-order valence-electron chi connectivity index (χ2n) is 2.93. The summed E-state index contributed by atoms with van der Waals surface area (Å²) in [4.78, 5) is 30.5. The summed E-state index contributed by atoms with van der Waals surface area (Å²) in [5.74, 6) is -5.02.